The Morgan fingerprint density at radius 1 is 1.37 bits per heavy atom. The number of nitrogens with one attached hydrogen (secondary N) is 1. The molecule has 0 aliphatic carbocycles. The van der Waals surface area contributed by atoms with Crippen LogP contribution in [0.2, 0.25) is 0 Å². The van der Waals surface area contributed by atoms with E-state index in [4.69, 9.17) is 0 Å². The number of amides is 1. The average Bonchev–Trinajstić information content (AvgIpc) is 3.03. The Hall–Kier alpha value is -1.00. The quantitative estimate of drug-likeness (QED) is 0.919. The van der Waals surface area contributed by atoms with Gasteiger partial charge < -0.3 is 4.90 Å². The van der Waals surface area contributed by atoms with Gasteiger partial charge in [0, 0.05) is 11.8 Å². The van der Waals surface area contributed by atoms with Crippen molar-refractivity contribution in [3.8, 4) is 0 Å². The maximum Gasteiger partial charge on any atom is 0.238 e. The maximum absolute atomic E-state index is 12.1. The summed E-state index contributed by atoms with van der Waals surface area (Å²) in [6.07, 6.45) is 2.60. The molecule has 2 unspecified atom stereocenters. The fraction of sp³-hybridized carbons (Fsp3) is 0.533. The highest BCUT2D eigenvalue weighted by Gasteiger charge is 2.33. The molecular formula is C15H20N2OS. The van der Waals surface area contributed by atoms with Gasteiger partial charge in [-0.15, -0.1) is 0 Å². The van der Waals surface area contributed by atoms with E-state index in [-0.39, 0.29) is 12.1 Å². The number of carbonyl (C=O) groups is 1. The molecule has 2 aliphatic heterocycles. The molecule has 2 fully saturated rings. The van der Waals surface area contributed by atoms with E-state index in [0.717, 1.165) is 6.54 Å². The molecule has 3 nitrogen and oxygen atoms in total. The predicted octanol–water partition coefficient (Wildman–Crippen LogP) is 2.32. The molecule has 0 radical (unpaired) electrons. The Labute approximate surface area is 118 Å². The molecule has 1 N–H and O–H groups in total. The van der Waals surface area contributed by atoms with Crippen LogP contribution in [-0.4, -0.2) is 34.9 Å². The number of rotatable bonds is 3. The van der Waals surface area contributed by atoms with Gasteiger partial charge in [-0.2, -0.15) is 11.8 Å². The molecule has 2 aliphatic rings. The van der Waals surface area contributed by atoms with Gasteiger partial charge in [0.25, 0.3) is 0 Å². The largest absolute Gasteiger partial charge is 0.321 e. The summed E-state index contributed by atoms with van der Waals surface area (Å²) in [5.41, 5.74) is 2.45. The van der Waals surface area contributed by atoms with Crippen molar-refractivity contribution >= 4 is 17.7 Å². The second kappa shape index (κ2) is 5.55. The fourth-order valence-electron chi connectivity index (χ4n) is 2.80. The highest BCUT2D eigenvalue weighted by molar-refractivity contribution is 8.00. The van der Waals surface area contributed by atoms with Crippen molar-refractivity contribution in [3.63, 3.8) is 0 Å². The number of carbonyl (C=O) groups excluding carboxylic acids is 1. The SMILES string of the molecule is Cc1ccc(C2NCC(=O)N2CC2CCCS2)cc1. The van der Waals surface area contributed by atoms with Crippen LogP contribution in [0.1, 0.15) is 30.1 Å². The topological polar surface area (TPSA) is 32.3 Å². The summed E-state index contributed by atoms with van der Waals surface area (Å²) in [6, 6.07) is 8.48. The van der Waals surface area contributed by atoms with Gasteiger partial charge in [-0.3, -0.25) is 10.1 Å². The molecule has 1 aromatic rings. The summed E-state index contributed by atoms with van der Waals surface area (Å²) in [5.74, 6) is 1.48. The van der Waals surface area contributed by atoms with Crippen LogP contribution in [0.15, 0.2) is 24.3 Å². The highest BCUT2D eigenvalue weighted by atomic mass is 32.2. The van der Waals surface area contributed by atoms with Crippen LogP contribution in [0.5, 0.6) is 0 Å². The van der Waals surface area contributed by atoms with Gasteiger partial charge >= 0.3 is 0 Å². The van der Waals surface area contributed by atoms with Crippen molar-refractivity contribution in [1.82, 2.24) is 10.2 Å². The first-order valence-corrected chi connectivity index (χ1v) is 8.00. The van der Waals surface area contributed by atoms with Crippen molar-refractivity contribution in [2.45, 2.75) is 31.2 Å². The van der Waals surface area contributed by atoms with E-state index in [9.17, 15) is 4.79 Å². The molecule has 0 saturated carbocycles. The summed E-state index contributed by atoms with van der Waals surface area (Å²) < 4.78 is 0. The van der Waals surface area contributed by atoms with E-state index in [1.54, 1.807) is 0 Å². The van der Waals surface area contributed by atoms with Crippen molar-refractivity contribution in [2.24, 2.45) is 0 Å². The van der Waals surface area contributed by atoms with Gasteiger partial charge in [0.15, 0.2) is 0 Å². The Bertz CT molecular complexity index is 454. The molecular weight excluding hydrogens is 256 g/mol. The van der Waals surface area contributed by atoms with Crippen molar-refractivity contribution in [1.29, 1.82) is 0 Å². The Balaban J connectivity index is 1.75. The second-order valence-electron chi connectivity index (χ2n) is 5.38. The van der Waals surface area contributed by atoms with E-state index in [2.05, 4.69) is 36.5 Å². The van der Waals surface area contributed by atoms with E-state index < -0.39 is 0 Å². The van der Waals surface area contributed by atoms with Gasteiger partial charge in [0.05, 0.1) is 6.54 Å². The Kier molecular flexibility index (Phi) is 3.80. The van der Waals surface area contributed by atoms with E-state index in [1.165, 1.54) is 29.7 Å². The van der Waals surface area contributed by atoms with Crippen LogP contribution in [0.25, 0.3) is 0 Å². The number of nitrogens with zero attached hydrogens (tertiary/aromatic N) is 1. The number of benzene rings is 1. The molecule has 2 atom stereocenters. The fourth-order valence-corrected chi connectivity index (χ4v) is 4.07. The predicted molar refractivity (Wildman–Crippen MR) is 79.1 cm³/mol. The zero-order valence-electron chi connectivity index (χ0n) is 11.3. The minimum Gasteiger partial charge on any atom is -0.321 e. The van der Waals surface area contributed by atoms with Crippen LogP contribution >= 0.6 is 11.8 Å². The molecule has 1 aromatic carbocycles. The van der Waals surface area contributed by atoms with E-state index in [0.29, 0.717) is 11.8 Å². The molecule has 1 amide bonds. The third-order valence-electron chi connectivity index (χ3n) is 3.90. The zero-order valence-corrected chi connectivity index (χ0v) is 12.1. The van der Waals surface area contributed by atoms with Gasteiger partial charge in [-0.1, -0.05) is 29.8 Å². The minimum absolute atomic E-state index is 0.0642. The number of aryl methyl sites for hydroxylation is 1. The van der Waals surface area contributed by atoms with Gasteiger partial charge in [-0.05, 0) is 31.1 Å². The lowest BCUT2D eigenvalue weighted by molar-refractivity contribution is -0.128. The standard InChI is InChI=1S/C15H20N2OS/c1-11-4-6-12(7-5-11)15-16-9-14(18)17(15)10-13-3-2-8-19-13/h4-7,13,15-16H,2-3,8-10H2,1H3. The number of hydrogen-bond donors (Lipinski definition) is 1. The van der Waals surface area contributed by atoms with E-state index >= 15 is 0 Å². The first-order chi connectivity index (χ1) is 9.24. The van der Waals surface area contributed by atoms with Gasteiger partial charge in [0.2, 0.25) is 5.91 Å². The first kappa shape index (κ1) is 13.0. The summed E-state index contributed by atoms with van der Waals surface area (Å²) in [6.45, 7) is 3.44. The smallest absolute Gasteiger partial charge is 0.238 e. The van der Waals surface area contributed by atoms with Gasteiger partial charge in [-0.25, -0.2) is 0 Å². The molecule has 3 rings (SSSR count). The lowest BCUT2D eigenvalue weighted by atomic mass is 10.1. The second-order valence-corrected chi connectivity index (χ2v) is 6.78. The summed E-state index contributed by atoms with van der Waals surface area (Å²) >= 11 is 2.01. The minimum atomic E-state index is 0.0642. The van der Waals surface area contributed by atoms with Crippen LogP contribution in [0.3, 0.4) is 0 Å². The van der Waals surface area contributed by atoms with Crippen LogP contribution < -0.4 is 5.32 Å². The molecule has 102 valence electrons. The Morgan fingerprint density at radius 3 is 2.84 bits per heavy atom. The van der Waals surface area contributed by atoms with Crippen molar-refractivity contribution in [2.75, 3.05) is 18.8 Å². The lowest BCUT2D eigenvalue weighted by Crippen LogP contribution is -2.35. The molecule has 0 spiro atoms. The monoisotopic (exact) mass is 276 g/mol. The number of hydrogen-bond acceptors (Lipinski definition) is 3. The first-order valence-electron chi connectivity index (χ1n) is 6.95. The molecule has 0 bridgehead atoms. The van der Waals surface area contributed by atoms with Gasteiger partial charge in [0.1, 0.15) is 6.17 Å². The lowest BCUT2D eigenvalue weighted by Gasteiger charge is -2.27. The zero-order chi connectivity index (χ0) is 13.2. The molecule has 2 saturated heterocycles. The summed E-state index contributed by atoms with van der Waals surface area (Å²) in [7, 11) is 0. The van der Waals surface area contributed by atoms with Crippen molar-refractivity contribution < 1.29 is 4.79 Å². The van der Waals surface area contributed by atoms with Crippen LogP contribution in [-0.2, 0) is 4.79 Å². The molecule has 0 aromatic heterocycles. The summed E-state index contributed by atoms with van der Waals surface area (Å²) in [5, 5.41) is 3.96. The Morgan fingerprint density at radius 2 is 2.16 bits per heavy atom. The maximum atomic E-state index is 12.1. The molecule has 19 heavy (non-hydrogen) atoms. The summed E-state index contributed by atoms with van der Waals surface area (Å²) in [4.78, 5) is 14.1. The molecule has 2 heterocycles. The normalized spacial score (nSPS) is 27.2. The molecule has 4 heteroatoms. The number of thioether (sulfide) groups is 1. The van der Waals surface area contributed by atoms with Crippen molar-refractivity contribution in [3.05, 3.63) is 35.4 Å². The average molecular weight is 276 g/mol. The van der Waals surface area contributed by atoms with Crippen LogP contribution in [0, 0.1) is 6.92 Å². The van der Waals surface area contributed by atoms with Crippen LogP contribution in [0.4, 0.5) is 0 Å². The third kappa shape index (κ3) is 2.79. The highest BCUT2D eigenvalue weighted by Crippen LogP contribution is 2.30. The third-order valence-corrected chi connectivity index (χ3v) is 5.28. The van der Waals surface area contributed by atoms with E-state index in [1.807, 2.05) is 16.7 Å².